The van der Waals surface area contributed by atoms with Gasteiger partial charge < -0.3 is 10.5 Å². The van der Waals surface area contributed by atoms with E-state index < -0.39 is 11.6 Å². The molecule has 0 heterocycles. The number of carbonyl (C=O) groups excluding carboxylic acids is 1. The van der Waals surface area contributed by atoms with Gasteiger partial charge in [-0.3, -0.25) is 4.79 Å². The maximum absolute atomic E-state index is 12.1. The van der Waals surface area contributed by atoms with Crippen molar-refractivity contribution in [1.82, 2.24) is 0 Å². The first-order valence-electron chi connectivity index (χ1n) is 7.37. The number of rotatable bonds is 4. The third-order valence-corrected chi connectivity index (χ3v) is 4.48. The number of nitrogens with two attached hydrogens (primary N) is 1. The molecule has 18 heavy (non-hydrogen) atoms. The van der Waals surface area contributed by atoms with Gasteiger partial charge in [-0.1, -0.05) is 38.5 Å². The van der Waals surface area contributed by atoms with Gasteiger partial charge in [0.05, 0.1) is 0 Å². The molecule has 0 aromatic carbocycles. The topological polar surface area (TPSA) is 52.3 Å². The molecule has 2 saturated carbocycles. The quantitative estimate of drug-likeness (QED) is 0.784. The Morgan fingerprint density at radius 2 is 1.56 bits per heavy atom. The predicted octanol–water partition coefficient (Wildman–Crippen LogP) is 2.87. The predicted molar refractivity (Wildman–Crippen MR) is 72.0 cm³/mol. The summed E-state index contributed by atoms with van der Waals surface area (Å²) in [5.74, 6) is 1.49. The number of esters is 1. The first-order chi connectivity index (χ1) is 8.38. The minimum atomic E-state index is -0.432. The van der Waals surface area contributed by atoms with Crippen LogP contribution in [0.1, 0.15) is 59.3 Å². The highest BCUT2D eigenvalue weighted by Crippen LogP contribution is 2.45. The molecule has 2 N–H and O–H groups in total. The van der Waals surface area contributed by atoms with Crippen molar-refractivity contribution in [2.45, 2.75) is 70.9 Å². The third kappa shape index (κ3) is 3.05. The molecule has 0 bridgehead atoms. The van der Waals surface area contributed by atoms with Crippen molar-refractivity contribution in [2.24, 2.45) is 23.5 Å². The van der Waals surface area contributed by atoms with Crippen molar-refractivity contribution < 1.29 is 9.53 Å². The molecule has 0 aliphatic heterocycles. The van der Waals surface area contributed by atoms with E-state index >= 15 is 0 Å². The fraction of sp³-hybridized carbons (Fsp3) is 0.933. The van der Waals surface area contributed by atoms with Crippen LogP contribution in [-0.2, 0) is 9.53 Å². The maximum Gasteiger partial charge on any atom is 0.323 e. The Labute approximate surface area is 110 Å². The second-order valence-corrected chi connectivity index (χ2v) is 7.02. The van der Waals surface area contributed by atoms with E-state index in [4.69, 9.17) is 10.5 Å². The monoisotopic (exact) mass is 253 g/mol. The molecule has 2 rings (SSSR count). The zero-order valence-corrected chi connectivity index (χ0v) is 11.9. The van der Waals surface area contributed by atoms with Crippen LogP contribution in [0.15, 0.2) is 0 Å². The average molecular weight is 253 g/mol. The van der Waals surface area contributed by atoms with E-state index in [0.29, 0.717) is 17.8 Å². The number of hydrogen-bond acceptors (Lipinski definition) is 3. The summed E-state index contributed by atoms with van der Waals surface area (Å²) in [7, 11) is 0. The van der Waals surface area contributed by atoms with Crippen LogP contribution >= 0.6 is 0 Å². The first-order valence-corrected chi connectivity index (χ1v) is 7.37. The molecule has 1 unspecified atom stereocenters. The lowest BCUT2D eigenvalue weighted by molar-refractivity contribution is -0.160. The maximum atomic E-state index is 12.1. The van der Waals surface area contributed by atoms with Crippen LogP contribution in [0.3, 0.4) is 0 Å². The lowest BCUT2D eigenvalue weighted by Crippen LogP contribution is -2.50. The Morgan fingerprint density at radius 1 is 1.11 bits per heavy atom. The standard InChI is InChI=1S/C15H27NO2/c1-15(2,3)18-14(17)13(16)12(10-6-4-7-10)11-8-5-9-11/h10-13H,4-9,16H2,1-3H3. The highest BCUT2D eigenvalue weighted by Gasteiger charge is 2.43. The van der Waals surface area contributed by atoms with Crippen molar-refractivity contribution >= 4 is 5.97 Å². The number of ether oxygens (including phenoxy) is 1. The van der Waals surface area contributed by atoms with Crippen molar-refractivity contribution in [1.29, 1.82) is 0 Å². The first kappa shape index (κ1) is 13.9. The molecule has 0 aromatic heterocycles. The Hall–Kier alpha value is -0.570. The van der Waals surface area contributed by atoms with Crippen LogP contribution in [0.25, 0.3) is 0 Å². The minimum Gasteiger partial charge on any atom is -0.459 e. The Morgan fingerprint density at radius 3 is 1.83 bits per heavy atom. The van der Waals surface area contributed by atoms with Gasteiger partial charge in [-0.05, 0) is 38.5 Å². The minimum absolute atomic E-state index is 0.203. The highest BCUT2D eigenvalue weighted by atomic mass is 16.6. The van der Waals surface area contributed by atoms with Crippen molar-refractivity contribution in [3.05, 3.63) is 0 Å². The molecule has 104 valence electrons. The van der Waals surface area contributed by atoms with Gasteiger partial charge in [-0.2, -0.15) is 0 Å². The van der Waals surface area contributed by atoms with Crippen LogP contribution in [0.2, 0.25) is 0 Å². The van der Waals surface area contributed by atoms with E-state index in [1.54, 1.807) is 0 Å². The summed E-state index contributed by atoms with van der Waals surface area (Å²) in [5.41, 5.74) is 5.78. The van der Waals surface area contributed by atoms with Gasteiger partial charge >= 0.3 is 5.97 Å². The fourth-order valence-electron chi connectivity index (χ4n) is 3.15. The molecule has 0 radical (unpaired) electrons. The fourth-order valence-corrected chi connectivity index (χ4v) is 3.15. The number of carbonyl (C=O) groups is 1. The molecular weight excluding hydrogens is 226 g/mol. The lowest BCUT2D eigenvalue weighted by atomic mass is 9.62. The van der Waals surface area contributed by atoms with Crippen LogP contribution < -0.4 is 5.73 Å². The SMILES string of the molecule is CC(C)(C)OC(=O)C(N)C(C1CCC1)C1CCC1. The molecule has 0 saturated heterocycles. The third-order valence-electron chi connectivity index (χ3n) is 4.48. The summed E-state index contributed by atoms with van der Waals surface area (Å²) < 4.78 is 5.45. The van der Waals surface area contributed by atoms with Crippen LogP contribution in [0, 0.1) is 17.8 Å². The summed E-state index contributed by atoms with van der Waals surface area (Å²) in [5, 5.41) is 0. The van der Waals surface area contributed by atoms with Crippen molar-refractivity contribution in [3.8, 4) is 0 Å². The van der Waals surface area contributed by atoms with Gasteiger partial charge in [0.25, 0.3) is 0 Å². The second kappa shape index (κ2) is 5.20. The van der Waals surface area contributed by atoms with E-state index in [-0.39, 0.29) is 5.97 Å². The molecule has 2 aliphatic carbocycles. The molecule has 0 aromatic rings. The molecule has 1 atom stereocenters. The summed E-state index contributed by atoms with van der Waals surface area (Å²) in [6, 6.07) is -0.417. The lowest BCUT2D eigenvalue weighted by Gasteiger charge is -2.45. The Bertz CT molecular complexity index is 286. The van der Waals surface area contributed by atoms with Gasteiger partial charge in [-0.25, -0.2) is 0 Å². The molecule has 0 spiro atoms. The van der Waals surface area contributed by atoms with Gasteiger partial charge in [0.15, 0.2) is 0 Å². The summed E-state index contributed by atoms with van der Waals surface area (Å²) in [4.78, 5) is 12.1. The Balaban J connectivity index is 1.98. The van der Waals surface area contributed by atoms with E-state index in [2.05, 4.69) is 0 Å². The summed E-state index contributed by atoms with van der Waals surface area (Å²) >= 11 is 0. The molecule has 3 nitrogen and oxygen atoms in total. The van der Waals surface area contributed by atoms with Gasteiger partial charge in [0, 0.05) is 0 Å². The summed E-state index contributed by atoms with van der Waals surface area (Å²) in [6.07, 6.45) is 7.59. The summed E-state index contributed by atoms with van der Waals surface area (Å²) in [6.45, 7) is 5.71. The van der Waals surface area contributed by atoms with E-state index in [0.717, 1.165) is 0 Å². The van der Waals surface area contributed by atoms with Crippen LogP contribution in [0.4, 0.5) is 0 Å². The molecule has 0 amide bonds. The molecule has 2 aliphatic rings. The normalized spacial score (nSPS) is 23.4. The van der Waals surface area contributed by atoms with Crippen molar-refractivity contribution in [2.75, 3.05) is 0 Å². The molecule has 3 heteroatoms. The van der Waals surface area contributed by atoms with E-state index in [1.165, 1.54) is 38.5 Å². The zero-order valence-electron chi connectivity index (χ0n) is 11.9. The number of hydrogen-bond donors (Lipinski definition) is 1. The van der Waals surface area contributed by atoms with E-state index in [9.17, 15) is 4.79 Å². The smallest absolute Gasteiger partial charge is 0.323 e. The zero-order chi connectivity index (χ0) is 13.3. The second-order valence-electron chi connectivity index (χ2n) is 7.02. The largest absolute Gasteiger partial charge is 0.459 e. The van der Waals surface area contributed by atoms with Crippen LogP contribution in [-0.4, -0.2) is 17.6 Å². The van der Waals surface area contributed by atoms with Gasteiger partial charge in [0.2, 0.25) is 0 Å². The van der Waals surface area contributed by atoms with Crippen LogP contribution in [0.5, 0.6) is 0 Å². The van der Waals surface area contributed by atoms with Gasteiger partial charge in [-0.15, -0.1) is 0 Å². The average Bonchev–Trinajstić information content (AvgIpc) is 2.06. The van der Waals surface area contributed by atoms with Gasteiger partial charge in [0.1, 0.15) is 11.6 Å². The van der Waals surface area contributed by atoms with Crippen molar-refractivity contribution in [3.63, 3.8) is 0 Å². The molecule has 2 fully saturated rings. The van der Waals surface area contributed by atoms with E-state index in [1.807, 2.05) is 20.8 Å². The molecular formula is C15H27NO2. The Kier molecular flexibility index (Phi) is 4.00. The highest BCUT2D eigenvalue weighted by molar-refractivity contribution is 5.76.